The van der Waals surface area contributed by atoms with Crippen LogP contribution in [0.1, 0.15) is 25.3 Å². The monoisotopic (exact) mass is 312 g/mol. The Hall–Kier alpha value is -0.580. The molecule has 0 aromatic heterocycles. The molecule has 18 heavy (non-hydrogen) atoms. The normalized spacial score (nSPS) is 17.2. The van der Waals surface area contributed by atoms with Gasteiger partial charge in [0.25, 0.3) is 0 Å². The molecule has 0 atom stereocenters. The minimum atomic E-state index is -0.113. The zero-order chi connectivity index (χ0) is 13.0. The highest BCUT2D eigenvalue weighted by Crippen LogP contribution is 2.26. The molecule has 1 aliphatic heterocycles. The molecule has 0 amide bonds. The zero-order valence-corrected chi connectivity index (χ0v) is 12.4. The molecule has 0 saturated carbocycles. The van der Waals surface area contributed by atoms with Crippen molar-refractivity contribution in [1.29, 1.82) is 0 Å². The van der Waals surface area contributed by atoms with Gasteiger partial charge in [0.2, 0.25) is 0 Å². The van der Waals surface area contributed by atoms with Crippen LogP contribution in [0.15, 0.2) is 22.7 Å². The molecular formula is C14H21BrN2O. The summed E-state index contributed by atoms with van der Waals surface area (Å²) in [6.07, 6.45) is 1.63. The molecule has 1 aliphatic rings. The molecule has 1 aromatic carbocycles. The highest BCUT2D eigenvalue weighted by Gasteiger charge is 2.17. The fraction of sp³-hybridized carbons (Fsp3) is 0.571. The van der Waals surface area contributed by atoms with Gasteiger partial charge in [0.05, 0.1) is 6.10 Å². The van der Waals surface area contributed by atoms with Crippen molar-refractivity contribution in [2.75, 3.05) is 24.5 Å². The van der Waals surface area contributed by atoms with Crippen LogP contribution in [0.4, 0.5) is 5.69 Å². The van der Waals surface area contributed by atoms with Gasteiger partial charge >= 0.3 is 0 Å². The number of hydrogen-bond acceptors (Lipinski definition) is 3. The summed E-state index contributed by atoms with van der Waals surface area (Å²) in [4.78, 5) is 2.34. The maximum Gasteiger partial charge on any atom is 0.0574 e. The van der Waals surface area contributed by atoms with Crippen molar-refractivity contribution >= 4 is 21.6 Å². The Labute approximate surface area is 117 Å². The average Bonchev–Trinajstić information content (AvgIpc) is 2.38. The molecule has 0 spiro atoms. The largest absolute Gasteiger partial charge is 0.393 e. The number of hydrogen-bond donors (Lipinski definition) is 2. The van der Waals surface area contributed by atoms with Gasteiger partial charge in [0.1, 0.15) is 0 Å². The lowest BCUT2D eigenvalue weighted by molar-refractivity contribution is 0.145. The van der Waals surface area contributed by atoms with Gasteiger partial charge in [-0.25, -0.2) is 0 Å². The summed E-state index contributed by atoms with van der Waals surface area (Å²) in [7, 11) is 0. The van der Waals surface area contributed by atoms with Gasteiger partial charge in [-0.05, 0) is 37.1 Å². The van der Waals surface area contributed by atoms with E-state index in [1.54, 1.807) is 0 Å². The molecule has 0 radical (unpaired) electrons. The maximum absolute atomic E-state index is 9.53. The molecule has 1 aromatic rings. The Morgan fingerprint density at radius 3 is 2.72 bits per heavy atom. The molecule has 2 rings (SSSR count). The summed E-state index contributed by atoms with van der Waals surface area (Å²) in [6, 6.07) is 6.53. The van der Waals surface area contributed by atoms with E-state index in [1.807, 2.05) is 0 Å². The third-order valence-corrected chi connectivity index (χ3v) is 4.17. The van der Waals surface area contributed by atoms with Crippen LogP contribution in [0.5, 0.6) is 0 Å². The molecule has 1 fully saturated rings. The Bertz CT molecular complexity index is 389. The predicted octanol–water partition coefficient (Wildman–Crippen LogP) is 2.52. The van der Waals surface area contributed by atoms with E-state index in [2.05, 4.69) is 51.3 Å². The number of benzene rings is 1. The minimum absolute atomic E-state index is 0.113. The second-order valence-corrected chi connectivity index (χ2v) is 5.63. The van der Waals surface area contributed by atoms with E-state index in [4.69, 9.17) is 0 Å². The van der Waals surface area contributed by atoms with Gasteiger partial charge in [-0.15, -0.1) is 0 Å². The summed E-state index contributed by atoms with van der Waals surface area (Å²) in [5.74, 6) is 0. The van der Waals surface area contributed by atoms with Crippen LogP contribution in [0.3, 0.4) is 0 Å². The smallest absolute Gasteiger partial charge is 0.0574 e. The third-order valence-electron chi connectivity index (χ3n) is 3.43. The standard InChI is InChI=1S/C14H21BrN2O/c1-2-16-10-11-3-4-12(9-14(11)15)17-7-5-13(18)6-8-17/h3-4,9,13,16,18H,2,5-8,10H2,1H3. The van der Waals surface area contributed by atoms with Crippen molar-refractivity contribution in [3.63, 3.8) is 0 Å². The van der Waals surface area contributed by atoms with Crippen LogP contribution in [0.25, 0.3) is 0 Å². The Morgan fingerprint density at radius 2 is 2.11 bits per heavy atom. The second kappa shape index (κ2) is 6.55. The number of anilines is 1. The number of aliphatic hydroxyl groups is 1. The molecule has 0 unspecified atom stereocenters. The van der Waals surface area contributed by atoms with E-state index in [-0.39, 0.29) is 6.10 Å². The van der Waals surface area contributed by atoms with Gasteiger partial charge in [0.15, 0.2) is 0 Å². The summed E-state index contributed by atoms with van der Waals surface area (Å²) in [6.45, 7) is 5.88. The summed E-state index contributed by atoms with van der Waals surface area (Å²) in [5, 5.41) is 12.9. The van der Waals surface area contributed by atoms with E-state index in [1.165, 1.54) is 11.3 Å². The topological polar surface area (TPSA) is 35.5 Å². The molecular weight excluding hydrogens is 292 g/mol. The Balaban J connectivity index is 2.04. The zero-order valence-electron chi connectivity index (χ0n) is 10.8. The molecule has 3 nitrogen and oxygen atoms in total. The quantitative estimate of drug-likeness (QED) is 0.897. The van der Waals surface area contributed by atoms with Gasteiger partial charge in [-0.2, -0.15) is 0 Å². The van der Waals surface area contributed by atoms with Crippen LogP contribution in [0, 0.1) is 0 Å². The minimum Gasteiger partial charge on any atom is -0.393 e. The van der Waals surface area contributed by atoms with Gasteiger partial charge < -0.3 is 15.3 Å². The number of nitrogens with zero attached hydrogens (tertiary/aromatic N) is 1. The molecule has 0 bridgehead atoms. The van der Waals surface area contributed by atoms with Crippen LogP contribution in [-0.4, -0.2) is 30.8 Å². The first-order chi connectivity index (χ1) is 8.70. The number of halogens is 1. The van der Waals surface area contributed by atoms with Crippen molar-refractivity contribution in [3.8, 4) is 0 Å². The average molecular weight is 313 g/mol. The number of piperidine rings is 1. The van der Waals surface area contributed by atoms with Crippen LogP contribution < -0.4 is 10.2 Å². The molecule has 1 heterocycles. The van der Waals surface area contributed by atoms with E-state index in [0.29, 0.717) is 0 Å². The van der Waals surface area contributed by atoms with Crippen molar-refractivity contribution in [1.82, 2.24) is 5.32 Å². The number of rotatable bonds is 4. The number of nitrogens with one attached hydrogen (secondary N) is 1. The van der Waals surface area contributed by atoms with Gasteiger partial charge in [0, 0.05) is 29.8 Å². The fourth-order valence-electron chi connectivity index (χ4n) is 2.26. The Kier molecular flexibility index (Phi) is 5.03. The molecule has 2 N–H and O–H groups in total. The van der Waals surface area contributed by atoms with E-state index >= 15 is 0 Å². The second-order valence-electron chi connectivity index (χ2n) is 4.77. The van der Waals surface area contributed by atoms with Crippen molar-refractivity contribution in [2.24, 2.45) is 0 Å². The highest BCUT2D eigenvalue weighted by molar-refractivity contribution is 9.10. The lowest BCUT2D eigenvalue weighted by atomic mass is 10.1. The highest BCUT2D eigenvalue weighted by atomic mass is 79.9. The van der Waals surface area contributed by atoms with Crippen molar-refractivity contribution in [2.45, 2.75) is 32.4 Å². The van der Waals surface area contributed by atoms with Crippen molar-refractivity contribution in [3.05, 3.63) is 28.2 Å². The SMILES string of the molecule is CCNCc1ccc(N2CCC(O)CC2)cc1Br. The first-order valence-corrected chi connectivity index (χ1v) is 7.42. The van der Waals surface area contributed by atoms with Gasteiger partial charge in [-0.3, -0.25) is 0 Å². The summed E-state index contributed by atoms with van der Waals surface area (Å²) >= 11 is 3.64. The number of aliphatic hydroxyl groups excluding tert-OH is 1. The lowest BCUT2D eigenvalue weighted by Crippen LogP contribution is -2.35. The first-order valence-electron chi connectivity index (χ1n) is 6.63. The van der Waals surface area contributed by atoms with Gasteiger partial charge in [-0.1, -0.05) is 28.9 Å². The van der Waals surface area contributed by atoms with E-state index in [0.717, 1.165) is 43.5 Å². The van der Waals surface area contributed by atoms with Crippen LogP contribution >= 0.6 is 15.9 Å². The summed E-state index contributed by atoms with van der Waals surface area (Å²) < 4.78 is 1.16. The molecule has 100 valence electrons. The van der Waals surface area contributed by atoms with Crippen molar-refractivity contribution < 1.29 is 5.11 Å². The molecule has 1 saturated heterocycles. The van der Waals surface area contributed by atoms with Crippen LogP contribution in [0.2, 0.25) is 0 Å². The van der Waals surface area contributed by atoms with E-state index in [9.17, 15) is 5.11 Å². The lowest BCUT2D eigenvalue weighted by Gasteiger charge is -2.31. The Morgan fingerprint density at radius 1 is 1.39 bits per heavy atom. The van der Waals surface area contributed by atoms with E-state index < -0.39 is 0 Å². The van der Waals surface area contributed by atoms with Crippen LogP contribution in [-0.2, 0) is 6.54 Å². The predicted molar refractivity (Wildman–Crippen MR) is 79.0 cm³/mol. The molecule has 4 heteroatoms. The third kappa shape index (κ3) is 3.46. The summed E-state index contributed by atoms with van der Waals surface area (Å²) in [5.41, 5.74) is 2.53. The fourth-order valence-corrected chi connectivity index (χ4v) is 2.77. The molecule has 0 aliphatic carbocycles. The maximum atomic E-state index is 9.53. The first kappa shape index (κ1) is 13.8.